The van der Waals surface area contributed by atoms with Gasteiger partial charge in [-0.3, -0.25) is 0 Å². The summed E-state index contributed by atoms with van der Waals surface area (Å²) in [6, 6.07) is 17.6. The van der Waals surface area contributed by atoms with Gasteiger partial charge in [-0.05, 0) is 59.9 Å². The minimum atomic E-state index is -1.46. The Morgan fingerprint density at radius 1 is 0.947 bits per heavy atom. The zero-order chi connectivity index (χ0) is 27.0. The van der Waals surface area contributed by atoms with E-state index in [0.29, 0.717) is 28.3 Å². The van der Waals surface area contributed by atoms with Gasteiger partial charge in [-0.25, -0.2) is 4.39 Å². The molecule has 1 saturated heterocycles. The van der Waals surface area contributed by atoms with Crippen molar-refractivity contribution in [3.05, 3.63) is 99.3 Å². The lowest BCUT2D eigenvalue weighted by Crippen LogP contribution is -2.55. The van der Waals surface area contributed by atoms with Crippen molar-refractivity contribution in [3.63, 3.8) is 0 Å². The third-order valence-corrected chi connectivity index (χ3v) is 7.59. The molecule has 0 saturated carbocycles. The molecule has 2 aliphatic heterocycles. The molecular weight excluding hydrogens is 515 g/mol. The molecule has 9 heteroatoms. The van der Waals surface area contributed by atoms with Crippen molar-refractivity contribution in [3.8, 4) is 5.75 Å². The molecule has 7 nitrogen and oxygen atoms in total. The summed E-state index contributed by atoms with van der Waals surface area (Å²) in [5, 5.41) is 40.7. The summed E-state index contributed by atoms with van der Waals surface area (Å²) in [6.45, 7) is 1.58. The smallest absolute Gasteiger partial charge is 0.129 e. The van der Waals surface area contributed by atoms with Crippen LogP contribution in [0, 0.1) is 5.82 Å². The topological polar surface area (TPSA) is 109 Å². The highest BCUT2D eigenvalue weighted by Crippen LogP contribution is 2.40. The third-order valence-electron chi connectivity index (χ3n) is 7.22. The highest BCUT2D eigenvalue weighted by molar-refractivity contribution is 6.31. The van der Waals surface area contributed by atoms with Crippen molar-refractivity contribution in [2.24, 2.45) is 0 Å². The van der Waals surface area contributed by atoms with Gasteiger partial charge in [0.05, 0.1) is 12.7 Å². The quantitative estimate of drug-likeness (QED) is 0.358. The van der Waals surface area contributed by atoms with E-state index in [0.717, 1.165) is 16.7 Å². The van der Waals surface area contributed by atoms with Crippen LogP contribution in [0.4, 0.5) is 4.39 Å². The Labute approximate surface area is 225 Å². The molecule has 202 valence electrons. The van der Waals surface area contributed by atoms with Crippen LogP contribution in [-0.4, -0.2) is 58.1 Å². The molecule has 0 bridgehead atoms. The van der Waals surface area contributed by atoms with Crippen LogP contribution in [0.25, 0.3) is 0 Å². The zero-order valence-electron chi connectivity index (χ0n) is 20.7. The van der Waals surface area contributed by atoms with Crippen molar-refractivity contribution in [1.82, 2.24) is 0 Å². The van der Waals surface area contributed by atoms with Gasteiger partial charge >= 0.3 is 0 Å². The number of halogens is 2. The van der Waals surface area contributed by atoms with Gasteiger partial charge in [0, 0.05) is 10.6 Å². The predicted octanol–water partition coefficient (Wildman–Crippen LogP) is 3.80. The van der Waals surface area contributed by atoms with Crippen molar-refractivity contribution in [1.29, 1.82) is 0 Å². The molecular formula is C29H30ClFO7. The molecule has 1 fully saturated rings. The van der Waals surface area contributed by atoms with Gasteiger partial charge in [0.15, 0.2) is 0 Å². The van der Waals surface area contributed by atoms with Gasteiger partial charge in [0.2, 0.25) is 0 Å². The fraction of sp³-hybridized carbons (Fsp3) is 0.379. The SMILES string of the molecule is CC1OC(COc2ccc(Cc3cc([C@@H]4O[C@H](CO)[C@@H](O)[C@H](O)[C@H]4O)ccc3Cl)cc2)c2c(F)cccc21. The number of aliphatic hydroxyl groups excluding tert-OH is 4. The van der Waals surface area contributed by atoms with E-state index in [1.54, 1.807) is 24.3 Å². The van der Waals surface area contributed by atoms with Crippen molar-refractivity contribution >= 4 is 11.6 Å². The van der Waals surface area contributed by atoms with Gasteiger partial charge in [-0.2, -0.15) is 0 Å². The Hall–Kier alpha value is -2.56. The van der Waals surface area contributed by atoms with E-state index in [-0.39, 0.29) is 18.5 Å². The summed E-state index contributed by atoms with van der Waals surface area (Å²) in [4.78, 5) is 0. The maximum absolute atomic E-state index is 14.4. The van der Waals surface area contributed by atoms with Crippen molar-refractivity contribution in [2.75, 3.05) is 13.2 Å². The first-order chi connectivity index (χ1) is 18.3. The summed E-state index contributed by atoms with van der Waals surface area (Å²) < 4.78 is 31.8. The molecule has 7 atom stereocenters. The molecule has 38 heavy (non-hydrogen) atoms. The van der Waals surface area contributed by atoms with Crippen LogP contribution in [0.3, 0.4) is 0 Å². The molecule has 0 amide bonds. The van der Waals surface area contributed by atoms with Crippen molar-refractivity contribution in [2.45, 2.75) is 56.1 Å². The summed E-state index contributed by atoms with van der Waals surface area (Å²) in [7, 11) is 0. The minimum absolute atomic E-state index is 0.185. The first-order valence-corrected chi connectivity index (χ1v) is 12.9. The second-order valence-electron chi connectivity index (χ2n) is 9.74. The normalized spacial score (nSPS) is 28.8. The lowest BCUT2D eigenvalue weighted by Gasteiger charge is -2.40. The number of hydrogen-bond donors (Lipinski definition) is 4. The monoisotopic (exact) mass is 544 g/mol. The lowest BCUT2D eigenvalue weighted by molar-refractivity contribution is -0.231. The first-order valence-electron chi connectivity index (χ1n) is 12.5. The lowest BCUT2D eigenvalue weighted by atomic mass is 9.90. The summed E-state index contributed by atoms with van der Waals surface area (Å²) >= 11 is 6.45. The Morgan fingerprint density at radius 3 is 2.45 bits per heavy atom. The van der Waals surface area contributed by atoms with Crippen molar-refractivity contribution < 1.29 is 39.0 Å². The van der Waals surface area contributed by atoms with Gasteiger partial charge in [0.1, 0.15) is 54.8 Å². The molecule has 0 spiro atoms. The van der Waals surface area contributed by atoms with Crippen LogP contribution in [-0.2, 0) is 15.9 Å². The number of benzene rings is 3. The number of aliphatic hydroxyl groups is 4. The van der Waals surface area contributed by atoms with Gasteiger partial charge in [0.25, 0.3) is 0 Å². The van der Waals surface area contributed by atoms with Crippen LogP contribution in [0.5, 0.6) is 5.75 Å². The molecule has 2 aliphatic rings. The first kappa shape index (κ1) is 27.0. The fourth-order valence-corrected chi connectivity index (χ4v) is 5.32. The summed E-state index contributed by atoms with van der Waals surface area (Å²) in [6.07, 6.45) is -6.38. The maximum Gasteiger partial charge on any atom is 0.129 e. The van der Waals surface area contributed by atoms with E-state index in [9.17, 15) is 24.8 Å². The van der Waals surface area contributed by atoms with Crippen LogP contribution in [0.1, 0.15) is 53.1 Å². The maximum atomic E-state index is 14.4. The average molecular weight is 545 g/mol. The highest BCUT2D eigenvalue weighted by atomic mass is 35.5. The van der Waals surface area contributed by atoms with E-state index < -0.39 is 43.2 Å². The molecule has 2 heterocycles. The number of ether oxygens (including phenoxy) is 3. The van der Waals surface area contributed by atoms with Gasteiger partial charge < -0.3 is 34.6 Å². The average Bonchev–Trinajstić information content (AvgIpc) is 3.25. The molecule has 3 aromatic rings. The number of fused-ring (bicyclic) bond motifs is 1. The van der Waals surface area contributed by atoms with Crippen LogP contribution in [0.15, 0.2) is 60.7 Å². The van der Waals surface area contributed by atoms with E-state index >= 15 is 0 Å². The standard InChI is InChI=1S/C29H30ClFO7/c1-15-20-3-2-4-22(31)25(20)24(37-15)14-36-19-8-5-16(6-9-19)11-18-12-17(7-10-21(18)30)29-28(35)27(34)26(33)23(13-32)38-29/h2-10,12,15,23-24,26-29,32-35H,11,13-14H2,1H3/t15?,23-,24?,26-,27+,28-,29+/m1/s1. The van der Waals surface area contributed by atoms with Gasteiger partial charge in [-0.15, -0.1) is 0 Å². The molecule has 3 aromatic carbocycles. The van der Waals surface area contributed by atoms with Crippen LogP contribution in [0.2, 0.25) is 5.02 Å². The Morgan fingerprint density at radius 2 is 1.71 bits per heavy atom. The minimum Gasteiger partial charge on any atom is -0.491 e. The largest absolute Gasteiger partial charge is 0.491 e. The highest BCUT2D eigenvalue weighted by Gasteiger charge is 2.44. The Balaban J connectivity index is 1.25. The molecule has 0 aromatic heterocycles. The summed E-state index contributed by atoms with van der Waals surface area (Å²) in [5.41, 5.74) is 3.68. The molecule has 0 aliphatic carbocycles. The molecule has 4 N–H and O–H groups in total. The van der Waals surface area contributed by atoms with E-state index in [2.05, 4.69) is 0 Å². The molecule has 5 rings (SSSR count). The predicted molar refractivity (Wildman–Crippen MR) is 138 cm³/mol. The van der Waals surface area contributed by atoms with Crippen LogP contribution < -0.4 is 4.74 Å². The molecule has 0 radical (unpaired) electrons. The van der Waals surface area contributed by atoms with E-state index in [1.807, 2.05) is 37.3 Å². The number of rotatable bonds is 7. The van der Waals surface area contributed by atoms with E-state index in [1.165, 1.54) is 6.07 Å². The van der Waals surface area contributed by atoms with Gasteiger partial charge in [-0.1, -0.05) is 48.0 Å². The summed E-state index contributed by atoms with van der Waals surface area (Å²) in [5.74, 6) is 0.328. The Kier molecular flexibility index (Phi) is 8.02. The zero-order valence-corrected chi connectivity index (χ0v) is 21.5. The number of hydrogen-bond acceptors (Lipinski definition) is 7. The fourth-order valence-electron chi connectivity index (χ4n) is 5.14. The van der Waals surface area contributed by atoms with Crippen LogP contribution >= 0.6 is 11.6 Å². The van der Waals surface area contributed by atoms with E-state index in [4.69, 9.17) is 25.8 Å². The Bertz CT molecular complexity index is 1270. The third kappa shape index (κ3) is 5.31. The second kappa shape index (κ2) is 11.3. The molecule has 2 unspecified atom stereocenters. The second-order valence-corrected chi connectivity index (χ2v) is 10.1.